The highest BCUT2D eigenvalue weighted by molar-refractivity contribution is 5.35. The van der Waals surface area contributed by atoms with E-state index in [0.29, 0.717) is 6.61 Å². The quantitative estimate of drug-likeness (QED) is 0.853. The van der Waals surface area contributed by atoms with Gasteiger partial charge < -0.3 is 15.4 Å². The summed E-state index contributed by atoms with van der Waals surface area (Å²) in [5.74, 6) is 0.887. The lowest BCUT2D eigenvalue weighted by Crippen LogP contribution is -2.43. The van der Waals surface area contributed by atoms with E-state index in [1.165, 1.54) is 0 Å². The van der Waals surface area contributed by atoms with E-state index >= 15 is 0 Å². The maximum atomic E-state index is 5.92. The Kier molecular flexibility index (Phi) is 4.54. The van der Waals surface area contributed by atoms with Crippen LogP contribution in [0.15, 0.2) is 24.3 Å². The lowest BCUT2D eigenvalue weighted by atomic mass is 10.1. The van der Waals surface area contributed by atoms with Gasteiger partial charge in [0.25, 0.3) is 0 Å². The smallest absolute Gasteiger partial charge is 0.124 e. The third kappa shape index (κ3) is 3.72. The van der Waals surface area contributed by atoms with Crippen molar-refractivity contribution in [3.8, 4) is 5.75 Å². The SMILES string of the molecule is C[C@H](N)c1ccccc1OCC(C)(C)N(C)C. The molecular weight excluding hydrogens is 212 g/mol. The summed E-state index contributed by atoms with van der Waals surface area (Å²) in [7, 11) is 4.11. The van der Waals surface area contributed by atoms with Crippen molar-refractivity contribution in [3.63, 3.8) is 0 Å². The number of ether oxygens (including phenoxy) is 1. The van der Waals surface area contributed by atoms with Gasteiger partial charge in [-0.25, -0.2) is 0 Å². The van der Waals surface area contributed by atoms with Crippen LogP contribution in [0.3, 0.4) is 0 Å². The molecule has 0 aliphatic rings. The molecule has 2 N–H and O–H groups in total. The van der Waals surface area contributed by atoms with Gasteiger partial charge in [-0.3, -0.25) is 0 Å². The molecule has 3 nitrogen and oxygen atoms in total. The Balaban J connectivity index is 2.76. The predicted molar refractivity (Wildman–Crippen MR) is 72.3 cm³/mol. The molecule has 0 aromatic heterocycles. The predicted octanol–water partition coefficient (Wildman–Crippen LogP) is 2.43. The topological polar surface area (TPSA) is 38.5 Å². The van der Waals surface area contributed by atoms with Crippen LogP contribution in [0.25, 0.3) is 0 Å². The lowest BCUT2D eigenvalue weighted by Gasteiger charge is -2.32. The van der Waals surface area contributed by atoms with Crippen molar-refractivity contribution in [1.82, 2.24) is 4.90 Å². The maximum Gasteiger partial charge on any atom is 0.124 e. The van der Waals surface area contributed by atoms with E-state index in [2.05, 4.69) is 32.8 Å². The molecule has 17 heavy (non-hydrogen) atoms. The number of rotatable bonds is 5. The highest BCUT2D eigenvalue weighted by atomic mass is 16.5. The molecular formula is C14H24N2O. The average Bonchev–Trinajstić information content (AvgIpc) is 2.26. The number of likely N-dealkylation sites (N-methyl/N-ethyl adjacent to an activating group) is 1. The summed E-state index contributed by atoms with van der Waals surface area (Å²) in [5, 5.41) is 0. The second kappa shape index (κ2) is 5.52. The number of para-hydroxylation sites is 1. The molecule has 0 saturated heterocycles. The van der Waals surface area contributed by atoms with Crippen molar-refractivity contribution in [2.75, 3.05) is 20.7 Å². The summed E-state index contributed by atoms with van der Waals surface area (Å²) in [6, 6.07) is 7.95. The van der Waals surface area contributed by atoms with Crippen LogP contribution in [0.1, 0.15) is 32.4 Å². The van der Waals surface area contributed by atoms with E-state index in [9.17, 15) is 0 Å². The highest BCUT2D eigenvalue weighted by Crippen LogP contribution is 2.24. The zero-order valence-corrected chi connectivity index (χ0v) is 11.5. The minimum Gasteiger partial charge on any atom is -0.491 e. The second-order valence-corrected chi connectivity index (χ2v) is 5.32. The molecule has 0 amide bonds. The van der Waals surface area contributed by atoms with Crippen LogP contribution < -0.4 is 10.5 Å². The number of nitrogens with two attached hydrogens (primary N) is 1. The van der Waals surface area contributed by atoms with Crippen LogP contribution >= 0.6 is 0 Å². The Morgan fingerprint density at radius 1 is 1.29 bits per heavy atom. The molecule has 0 aliphatic carbocycles. The number of benzene rings is 1. The van der Waals surface area contributed by atoms with E-state index in [-0.39, 0.29) is 11.6 Å². The van der Waals surface area contributed by atoms with Crippen molar-refractivity contribution in [3.05, 3.63) is 29.8 Å². The molecule has 0 unspecified atom stereocenters. The van der Waals surface area contributed by atoms with Gasteiger partial charge in [0.15, 0.2) is 0 Å². The highest BCUT2D eigenvalue weighted by Gasteiger charge is 2.22. The van der Waals surface area contributed by atoms with Crippen LogP contribution in [0, 0.1) is 0 Å². The molecule has 0 radical (unpaired) electrons. The molecule has 0 bridgehead atoms. The number of hydrogen-bond donors (Lipinski definition) is 1. The van der Waals surface area contributed by atoms with Crippen molar-refractivity contribution in [2.45, 2.75) is 32.4 Å². The van der Waals surface area contributed by atoms with Gasteiger partial charge in [0, 0.05) is 17.1 Å². The largest absolute Gasteiger partial charge is 0.491 e. The summed E-state index contributed by atoms with van der Waals surface area (Å²) in [5.41, 5.74) is 6.99. The Morgan fingerprint density at radius 2 is 1.88 bits per heavy atom. The average molecular weight is 236 g/mol. The first-order valence-corrected chi connectivity index (χ1v) is 5.99. The van der Waals surface area contributed by atoms with Crippen LogP contribution in [0.4, 0.5) is 0 Å². The fourth-order valence-corrected chi connectivity index (χ4v) is 1.37. The van der Waals surface area contributed by atoms with Gasteiger partial charge in [0.05, 0.1) is 0 Å². The molecule has 3 heteroatoms. The first-order chi connectivity index (χ1) is 7.84. The van der Waals surface area contributed by atoms with Gasteiger partial charge in [-0.15, -0.1) is 0 Å². The molecule has 1 aromatic rings. The summed E-state index contributed by atoms with van der Waals surface area (Å²) in [6.07, 6.45) is 0. The number of nitrogens with zero attached hydrogens (tertiary/aromatic N) is 1. The molecule has 0 aliphatic heterocycles. The fourth-order valence-electron chi connectivity index (χ4n) is 1.37. The van der Waals surface area contributed by atoms with Gasteiger partial charge >= 0.3 is 0 Å². The Hall–Kier alpha value is -1.06. The molecule has 1 rings (SSSR count). The van der Waals surface area contributed by atoms with E-state index in [4.69, 9.17) is 10.5 Å². The van der Waals surface area contributed by atoms with Gasteiger partial charge in [0.2, 0.25) is 0 Å². The third-order valence-electron chi connectivity index (χ3n) is 3.20. The molecule has 0 saturated carbocycles. The number of hydrogen-bond acceptors (Lipinski definition) is 3. The molecule has 1 atom stereocenters. The summed E-state index contributed by atoms with van der Waals surface area (Å²) < 4.78 is 5.90. The first-order valence-electron chi connectivity index (χ1n) is 5.99. The Labute approximate surface area is 105 Å². The zero-order valence-electron chi connectivity index (χ0n) is 11.5. The summed E-state index contributed by atoms with van der Waals surface area (Å²) in [4.78, 5) is 2.15. The van der Waals surface area contributed by atoms with Crippen molar-refractivity contribution < 1.29 is 4.74 Å². The molecule has 1 aromatic carbocycles. The van der Waals surface area contributed by atoms with Gasteiger partial charge in [-0.05, 0) is 40.9 Å². The maximum absolute atomic E-state index is 5.92. The third-order valence-corrected chi connectivity index (χ3v) is 3.20. The lowest BCUT2D eigenvalue weighted by molar-refractivity contribution is 0.113. The van der Waals surface area contributed by atoms with Crippen molar-refractivity contribution in [1.29, 1.82) is 0 Å². The molecule has 96 valence electrons. The molecule has 0 heterocycles. The minimum absolute atomic E-state index is 0.00491. The van der Waals surface area contributed by atoms with Crippen LogP contribution in [-0.2, 0) is 0 Å². The van der Waals surface area contributed by atoms with E-state index < -0.39 is 0 Å². The van der Waals surface area contributed by atoms with E-state index in [1.54, 1.807) is 0 Å². The van der Waals surface area contributed by atoms with E-state index in [0.717, 1.165) is 11.3 Å². The summed E-state index contributed by atoms with van der Waals surface area (Å²) >= 11 is 0. The Morgan fingerprint density at radius 3 is 2.41 bits per heavy atom. The van der Waals surface area contributed by atoms with Gasteiger partial charge in [0.1, 0.15) is 12.4 Å². The second-order valence-electron chi connectivity index (χ2n) is 5.32. The van der Waals surface area contributed by atoms with Crippen molar-refractivity contribution in [2.24, 2.45) is 5.73 Å². The normalized spacial score (nSPS) is 13.8. The van der Waals surface area contributed by atoms with Crippen LogP contribution in [0.5, 0.6) is 5.75 Å². The van der Waals surface area contributed by atoms with Gasteiger partial charge in [-0.1, -0.05) is 18.2 Å². The van der Waals surface area contributed by atoms with E-state index in [1.807, 2.05) is 31.2 Å². The standard InChI is InChI=1S/C14H24N2O/c1-11(15)12-8-6-7-9-13(12)17-10-14(2,3)16(4)5/h6-9,11H,10,15H2,1-5H3/t11-/m0/s1. The zero-order chi connectivity index (χ0) is 13.1. The van der Waals surface area contributed by atoms with Crippen LogP contribution in [-0.4, -0.2) is 31.1 Å². The molecule has 0 fully saturated rings. The molecule has 0 spiro atoms. The van der Waals surface area contributed by atoms with Crippen molar-refractivity contribution >= 4 is 0 Å². The first kappa shape index (κ1) is 14.0. The Bertz CT molecular complexity index is 359. The fraction of sp³-hybridized carbons (Fsp3) is 0.571. The monoisotopic (exact) mass is 236 g/mol. The minimum atomic E-state index is -0.00586. The summed E-state index contributed by atoms with van der Waals surface area (Å²) in [6.45, 7) is 6.92. The van der Waals surface area contributed by atoms with Crippen LogP contribution in [0.2, 0.25) is 0 Å². The van der Waals surface area contributed by atoms with Gasteiger partial charge in [-0.2, -0.15) is 0 Å².